The van der Waals surface area contributed by atoms with Gasteiger partial charge in [-0.05, 0) is 24.7 Å². The summed E-state index contributed by atoms with van der Waals surface area (Å²) in [6, 6.07) is 1.52. The number of halogens is 3. The second-order valence-corrected chi connectivity index (χ2v) is 6.25. The van der Waals surface area contributed by atoms with Crippen molar-refractivity contribution in [3.05, 3.63) is 30.2 Å². The molecule has 1 rings (SSSR count). The molecule has 0 aliphatic heterocycles. The summed E-state index contributed by atoms with van der Waals surface area (Å²) in [6.07, 6.45) is -0.518. The molecule has 1 atom stereocenters. The number of hydrogen-bond donors (Lipinski definition) is 6. The third-order valence-electron chi connectivity index (χ3n) is 3.24. The highest BCUT2D eigenvalue weighted by Crippen LogP contribution is 2.14. The van der Waals surface area contributed by atoms with Gasteiger partial charge in [0, 0.05) is 37.9 Å². The van der Waals surface area contributed by atoms with Crippen LogP contribution in [0, 0.1) is 0 Å². The average Bonchev–Trinajstić information content (AvgIpc) is 2.70. The molecule has 0 bridgehead atoms. The molecule has 1 unspecified atom stereocenters. The Labute approximate surface area is 187 Å². The van der Waals surface area contributed by atoms with Crippen molar-refractivity contribution < 1.29 is 33.0 Å². The molecule has 0 aliphatic carbocycles. The predicted octanol–water partition coefficient (Wildman–Crippen LogP) is 0.892. The molecule has 0 aliphatic rings. The minimum absolute atomic E-state index is 0.0245. The van der Waals surface area contributed by atoms with Crippen molar-refractivity contribution in [2.45, 2.75) is 32.0 Å². The zero-order chi connectivity index (χ0) is 24.7. The lowest BCUT2D eigenvalue weighted by Gasteiger charge is -2.17. The van der Waals surface area contributed by atoms with Crippen LogP contribution in [0.3, 0.4) is 0 Å². The molecule has 0 aromatic carbocycles. The number of aromatic nitrogens is 2. The van der Waals surface area contributed by atoms with E-state index < -0.39 is 24.7 Å². The Bertz CT molecular complexity index is 819. The summed E-state index contributed by atoms with van der Waals surface area (Å²) >= 11 is 5.06. The molecule has 7 N–H and O–H groups in total. The monoisotopic (exact) mass is 479 g/mol. The van der Waals surface area contributed by atoms with E-state index >= 15 is 0 Å². The van der Waals surface area contributed by atoms with Crippen LogP contribution in [0.4, 0.5) is 19.0 Å². The number of rotatable bonds is 8. The highest BCUT2D eigenvalue weighted by Gasteiger charge is 2.26. The number of alkyl halides is 3. The Kier molecular flexibility index (Phi) is 12.9. The average molecular weight is 479 g/mol. The van der Waals surface area contributed by atoms with Crippen LogP contribution < -0.4 is 21.7 Å². The summed E-state index contributed by atoms with van der Waals surface area (Å²) in [5.74, 6) is -2.10. The van der Waals surface area contributed by atoms with E-state index in [1.165, 1.54) is 12.3 Å². The number of carboxylic acids is 2. The van der Waals surface area contributed by atoms with Crippen molar-refractivity contribution in [1.29, 1.82) is 0 Å². The van der Waals surface area contributed by atoms with Gasteiger partial charge in [0.15, 0.2) is 11.1 Å². The molecular formula is C17H24F3N7O4S. The maximum absolute atomic E-state index is 12.1. The first-order chi connectivity index (χ1) is 14.9. The first-order valence-electron chi connectivity index (χ1n) is 8.94. The number of thiocarbonyl (C=S) groups is 1. The van der Waals surface area contributed by atoms with E-state index in [-0.39, 0.29) is 17.8 Å². The molecule has 1 heterocycles. The number of carboxylic acid groups (broad SMARTS) is 2. The number of nitrogens with two attached hydrogens (primary N) is 1. The molecule has 0 fully saturated rings. The standard InChI is InChI=1S/C13H20F3N7S.C4H4O4/c1-3-8(21-12(24)18-2)6-10-19-5-4-9(22-10)23-11(17)20-7-13(14,15)16;5-3(6)1-2-4(7)8/h4-5,8H,3,6-7H2,1-2H3,(H2,18,21,24)(H3,17,19,20,22,23);1-2H,(H,5,6)(H,7,8)/b;2-1-. The lowest BCUT2D eigenvalue weighted by atomic mass is 10.1. The Morgan fingerprint density at radius 3 is 2.38 bits per heavy atom. The zero-order valence-electron chi connectivity index (χ0n) is 17.2. The summed E-state index contributed by atoms with van der Waals surface area (Å²) in [6.45, 7) is 0.632. The van der Waals surface area contributed by atoms with Crippen LogP contribution in [0.25, 0.3) is 0 Å². The van der Waals surface area contributed by atoms with Crippen molar-refractivity contribution in [3.8, 4) is 0 Å². The fourth-order valence-corrected chi connectivity index (χ4v) is 2.00. The van der Waals surface area contributed by atoms with Crippen LogP contribution in [0.2, 0.25) is 0 Å². The molecule has 178 valence electrons. The number of aliphatic carboxylic acids is 2. The van der Waals surface area contributed by atoms with E-state index in [0.29, 0.717) is 29.5 Å². The topological polar surface area (TPSA) is 175 Å². The van der Waals surface area contributed by atoms with Gasteiger partial charge in [0.2, 0.25) is 0 Å². The van der Waals surface area contributed by atoms with Gasteiger partial charge in [-0.15, -0.1) is 0 Å². The van der Waals surface area contributed by atoms with E-state index in [4.69, 9.17) is 28.2 Å². The van der Waals surface area contributed by atoms with Gasteiger partial charge in [-0.25, -0.2) is 24.5 Å². The number of carbonyl (C=O) groups is 2. The maximum Gasteiger partial charge on any atom is 0.408 e. The van der Waals surface area contributed by atoms with E-state index in [1.54, 1.807) is 7.05 Å². The quantitative estimate of drug-likeness (QED) is 0.135. The highest BCUT2D eigenvalue weighted by atomic mass is 32.1. The minimum Gasteiger partial charge on any atom is -0.478 e. The third-order valence-corrected chi connectivity index (χ3v) is 3.56. The lowest BCUT2D eigenvalue weighted by molar-refractivity contribution is -0.134. The van der Waals surface area contributed by atoms with Crippen molar-refractivity contribution in [2.24, 2.45) is 10.7 Å². The summed E-state index contributed by atoms with van der Waals surface area (Å²) in [7, 11) is 1.71. The van der Waals surface area contributed by atoms with E-state index in [9.17, 15) is 22.8 Å². The Morgan fingerprint density at radius 1 is 1.31 bits per heavy atom. The molecule has 0 saturated heterocycles. The molecule has 1 aromatic rings. The fraction of sp³-hybridized carbons (Fsp3) is 0.412. The summed E-state index contributed by atoms with van der Waals surface area (Å²) in [5, 5.41) is 24.6. The molecule has 11 nitrogen and oxygen atoms in total. The number of nitrogens with one attached hydrogen (secondary N) is 3. The molecular weight excluding hydrogens is 455 g/mol. The molecule has 32 heavy (non-hydrogen) atoms. The molecule has 0 amide bonds. The Balaban J connectivity index is 0.00000102. The van der Waals surface area contributed by atoms with Gasteiger partial charge in [0.05, 0.1) is 0 Å². The number of hydrogen-bond acceptors (Lipinski definition) is 6. The van der Waals surface area contributed by atoms with Gasteiger partial charge < -0.3 is 31.9 Å². The van der Waals surface area contributed by atoms with Crippen LogP contribution >= 0.6 is 12.2 Å². The van der Waals surface area contributed by atoms with Crippen LogP contribution in [0.5, 0.6) is 0 Å². The van der Waals surface area contributed by atoms with Gasteiger partial charge in [-0.1, -0.05) is 6.92 Å². The van der Waals surface area contributed by atoms with Gasteiger partial charge in [-0.2, -0.15) is 13.2 Å². The fourth-order valence-electron chi connectivity index (χ4n) is 1.83. The highest BCUT2D eigenvalue weighted by molar-refractivity contribution is 7.80. The summed E-state index contributed by atoms with van der Waals surface area (Å²) in [5.41, 5.74) is 5.42. The molecule has 0 radical (unpaired) electrons. The number of guanidine groups is 1. The van der Waals surface area contributed by atoms with Crippen molar-refractivity contribution in [1.82, 2.24) is 20.6 Å². The summed E-state index contributed by atoms with van der Waals surface area (Å²) < 4.78 is 36.3. The first-order valence-corrected chi connectivity index (χ1v) is 9.34. The smallest absolute Gasteiger partial charge is 0.408 e. The first kappa shape index (κ1) is 28.5. The second kappa shape index (κ2) is 14.5. The van der Waals surface area contributed by atoms with Gasteiger partial charge in [0.25, 0.3) is 0 Å². The van der Waals surface area contributed by atoms with E-state index in [0.717, 1.165) is 6.42 Å². The van der Waals surface area contributed by atoms with Crippen molar-refractivity contribution >= 4 is 41.0 Å². The van der Waals surface area contributed by atoms with Crippen LogP contribution in [-0.2, 0) is 16.0 Å². The van der Waals surface area contributed by atoms with E-state index in [2.05, 4.69) is 30.9 Å². The number of aliphatic imine (C=N–C) groups is 1. The molecule has 15 heteroatoms. The van der Waals surface area contributed by atoms with Crippen LogP contribution in [-0.4, -0.2) is 69.0 Å². The van der Waals surface area contributed by atoms with E-state index in [1.807, 2.05) is 6.92 Å². The molecule has 0 saturated carbocycles. The lowest BCUT2D eigenvalue weighted by Crippen LogP contribution is -2.41. The molecule has 1 aromatic heterocycles. The van der Waals surface area contributed by atoms with Gasteiger partial charge >= 0.3 is 18.1 Å². The normalized spacial score (nSPS) is 12.3. The largest absolute Gasteiger partial charge is 0.478 e. The maximum atomic E-state index is 12.1. The molecule has 0 spiro atoms. The zero-order valence-corrected chi connectivity index (χ0v) is 18.0. The minimum atomic E-state index is -4.41. The Hall–Kier alpha value is -3.49. The van der Waals surface area contributed by atoms with Gasteiger partial charge in [0.1, 0.15) is 18.2 Å². The Morgan fingerprint density at radius 2 is 1.91 bits per heavy atom. The SMILES string of the molecule is CCC(Cc1nccc(NC(N)=NCC(F)(F)F)n1)NC(=S)NC.O=C(O)/C=C\C(=O)O. The van der Waals surface area contributed by atoms with Crippen molar-refractivity contribution in [2.75, 3.05) is 18.9 Å². The van der Waals surface area contributed by atoms with Gasteiger partial charge in [-0.3, -0.25) is 0 Å². The number of anilines is 1. The van der Waals surface area contributed by atoms with Crippen LogP contribution in [0.1, 0.15) is 19.2 Å². The second-order valence-electron chi connectivity index (χ2n) is 5.84. The van der Waals surface area contributed by atoms with Crippen molar-refractivity contribution in [3.63, 3.8) is 0 Å². The number of nitrogens with zero attached hydrogens (tertiary/aromatic N) is 3. The predicted molar refractivity (Wildman–Crippen MR) is 115 cm³/mol. The third kappa shape index (κ3) is 15.4. The summed E-state index contributed by atoms with van der Waals surface area (Å²) in [4.78, 5) is 30.7. The van der Waals surface area contributed by atoms with Crippen LogP contribution in [0.15, 0.2) is 29.4 Å².